The first-order valence-corrected chi connectivity index (χ1v) is 28.0. The summed E-state index contributed by atoms with van der Waals surface area (Å²) in [6.07, 6.45) is 59.0. The van der Waals surface area contributed by atoms with Gasteiger partial charge in [0, 0.05) is 19.3 Å². The Labute approximate surface area is 408 Å². The Hall–Kier alpha value is -2.45. The maximum Gasteiger partial charge on any atom is 0.306 e. The van der Waals surface area contributed by atoms with E-state index in [-0.39, 0.29) is 42.7 Å². The Morgan fingerprint density at radius 1 is 0.470 bits per heavy atom. The van der Waals surface area contributed by atoms with Crippen LogP contribution in [-0.2, 0) is 28.6 Å². The molecule has 0 radical (unpaired) electrons. The molecule has 0 aromatic rings. The van der Waals surface area contributed by atoms with E-state index in [1.54, 1.807) is 0 Å². The van der Waals surface area contributed by atoms with Crippen LogP contribution in [-0.4, -0.2) is 75.5 Å². The zero-order valence-corrected chi connectivity index (χ0v) is 44.1. The molecule has 0 aliphatic rings. The van der Waals surface area contributed by atoms with Crippen LogP contribution in [0.3, 0.4) is 0 Å². The highest BCUT2D eigenvalue weighted by molar-refractivity contribution is 5.70. The summed E-state index contributed by atoms with van der Waals surface area (Å²) in [5.41, 5.74) is 0. The zero-order chi connectivity index (χ0) is 48.4. The van der Waals surface area contributed by atoms with Crippen LogP contribution in [0, 0.1) is 0 Å². The van der Waals surface area contributed by atoms with Gasteiger partial charge < -0.3 is 28.6 Å². The summed E-state index contributed by atoms with van der Waals surface area (Å²) in [5, 5.41) is 11.7. The topological polar surface area (TPSA) is 102 Å². The molecule has 0 fully saturated rings. The molecule has 0 aliphatic carbocycles. The van der Waals surface area contributed by atoms with Crippen molar-refractivity contribution >= 4 is 17.9 Å². The molecule has 0 heterocycles. The molecular formula is C58H107NO7. The summed E-state index contributed by atoms with van der Waals surface area (Å²) in [4.78, 5) is 37.1. The molecule has 66 heavy (non-hydrogen) atoms. The summed E-state index contributed by atoms with van der Waals surface area (Å²) in [7, 11) is 5.43. The monoisotopic (exact) mass is 930 g/mol. The smallest absolute Gasteiger partial charge is 0.306 e. The molecule has 8 nitrogen and oxygen atoms in total. The Bertz CT molecular complexity index is 1170. The summed E-state index contributed by atoms with van der Waals surface area (Å²) >= 11 is 0. The number of aliphatic carboxylic acids is 1. The number of nitrogens with zero attached hydrogens (tertiary/aromatic N) is 1. The summed E-state index contributed by atoms with van der Waals surface area (Å²) in [5.74, 6) is -1.72. The Balaban J connectivity index is 4.14. The van der Waals surface area contributed by atoms with Crippen molar-refractivity contribution in [1.29, 1.82) is 0 Å². The number of allylic oxidation sites excluding steroid dienone is 6. The number of ether oxygens (including phenoxy) is 3. The molecule has 0 amide bonds. The number of rotatable bonds is 51. The van der Waals surface area contributed by atoms with Crippen LogP contribution >= 0.6 is 0 Å². The first-order chi connectivity index (χ1) is 32.1. The van der Waals surface area contributed by atoms with Gasteiger partial charge in [0.1, 0.15) is 12.6 Å². The second kappa shape index (κ2) is 49.0. The van der Waals surface area contributed by atoms with Crippen LogP contribution in [0.25, 0.3) is 0 Å². The summed E-state index contributed by atoms with van der Waals surface area (Å²) in [6.45, 7) is 4.60. The largest absolute Gasteiger partial charge is 0.544 e. The van der Waals surface area contributed by atoms with Gasteiger partial charge in [0.15, 0.2) is 6.10 Å². The highest BCUT2D eigenvalue weighted by Crippen LogP contribution is 2.17. The number of unbranched alkanes of at least 4 members (excludes halogenated alkanes) is 31. The summed E-state index contributed by atoms with van der Waals surface area (Å²) in [6, 6.07) is -0.724. The molecular weight excluding hydrogens is 823 g/mol. The third-order valence-electron chi connectivity index (χ3n) is 12.8. The van der Waals surface area contributed by atoms with E-state index in [1.807, 2.05) is 21.1 Å². The van der Waals surface area contributed by atoms with E-state index in [0.717, 1.165) is 57.8 Å². The lowest BCUT2D eigenvalue weighted by atomic mass is 10.0. The first-order valence-electron chi connectivity index (χ1n) is 28.0. The molecule has 0 aliphatic heterocycles. The maximum atomic E-state index is 12.8. The van der Waals surface area contributed by atoms with E-state index < -0.39 is 18.1 Å². The van der Waals surface area contributed by atoms with E-state index in [2.05, 4.69) is 50.3 Å². The number of quaternary nitrogens is 1. The number of esters is 2. The molecule has 2 atom stereocenters. The van der Waals surface area contributed by atoms with Gasteiger partial charge in [0.05, 0.1) is 40.3 Å². The van der Waals surface area contributed by atoms with Crippen LogP contribution in [0.2, 0.25) is 0 Å². The molecule has 0 spiro atoms. The molecule has 2 unspecified atom stereocenters. The fourth-order valence-electron chi connectivity index (χ4n) is 8.50. The summed E-state index contributed by atoms with van der Waals surface area (Å²) < 4.78 is 17.3. The van der Waals surface area contributed by atoms with Gasteiger partial charge in [-0.1, -0.05) is 237 Å². The van der Waals surface area contributed by atoms with Crippen molar-refractivity contribution in [1.82, 2.24) is 0 Å². The minimum absolute atomic E-state index is 0.0450. The Morgan fingerprint density at radius 2 is 0.848 bits per heavy atom. The van der Waals surface area contributed by atoms with Gasteiger partial charge in [-0.15, -0.1) is 0 Å². The number of hydrogen-bond acceptors (Lipinski definition) is 7. The fourth-order valence-corrected chi connectivity index (χ4v) is 8.50. The van der Waals surface area contributed by atoms with Gasteiger partial charge in [0.25, 0.3) is 0 Å². The Morgan fingerprint density at radius 3 is 1.26 bits per heavy atom. The number of likely N-dealkylation sites (N-methyl/N-ethyl adjacent to an activating group) is 1. The van der Waals surface area contributed by atoms with Gasteiger partial charge in [-0.2, -0.15) is 0 Å². The highest BCUT2D eigenvalue weighted by Gasteiger charge is 2.25. The average molecular weight is 930 g/mol. The number of carboxylic acids is 1. The van der Waals surface area contributed by atoms with Crippen molar-refractivity contribution in [3.05, 3.63) is 36.5 Å². The van der Waals surface area contributed by atoms with Gasteiger partial charge in [0.2, 0.25) is 0 Å². The molecule has 0 rings (SSSR count). The van der Waals surface area contributed by atoms with E-state index in [0.29, 0.717) is 12.8 Å². The third kappa shape index (κ3) is 46.7. The van der Waals surface area contributed by atoms with E-state index in [4.69, 9.17) is 14.2 Å². The lowest BCUT2D eigenvalue weighted by molar-refractivity contribution is -0.889. The first kappa shape index (κ1) is 63.5. The predicted molar refractivity (Wildman–Crippen MR) is 277 cm³/mol. The van der Waals surface area contributed by atoms with Crippen molar-refractivity contribution in [3.63, 3.8) is 0 Å². The third-order valence-corrected chi connectivity index (χ3v) is 12.8. The zero-order valence-electron chi connectivity index (χ0n) is 44.1. The number of carbonyl (C=O) groups excluding carboxylic acids is 3. The van der Waals surface area contributed by atoms with Crippen molar-refractivity contribution in [2.24, 2.45) is 0 Å². The maximum absolute atomic E-state index is 12.8. The number of carbonyl (C=O) groups is 3. The van der Waals surface area contributed by atoms with Crippen LogP contribution in [0.5, 0.6) is 0 Å². The molecule has 8 heteroatoms. The second-order valence-corrected chi connectivity index (χ2v) is 20.2. The standard InChI is InChI=1S/C58H107NO7/c1-6-8-10-12-14-16-18-20-22-24-26-27-28-29-31-32-34-36-38-40-42-44-46-48-56(60)65-53-54(52-64-51-50-55(58(62)63)59(3,4)5)66-57(61)49-47-45-43-41-39-37-35-33-30-25-23-21-19-17-15-13-11-9-7-2/h8,10,14,16,20,22,54-55H,6-7,9,11-13,15,17-19,21,23-53H2,1-5H3/b10-8+,16-14+,22-20+. The number of carboxylic acid groups (broad SMARTS) is 1. The molecule has 0 bridgehead atoms. The Kier molecular flexibility index (Phi) is 47.2. The van der Waals surface area contributed by atoms with Crippen LogP contribution in [0.15, 0.2) is 36.5 Å². The predicted octanol–water partition coefficient (Wildman–Crippen LogP) is 15.2. The second-order valence-electron chi connectivity index (χ2n) is 20.2. The van der Waals surface area contributed by atoms with Gasteiger partial charge in [-0.25, -0.2) is 0 Å². The van der Waals surface area contributed by atoms with Crippen LogP contribution < -0.4 is 5.11 Å². The molecule has 0 saturated carbocycles. The molecule has 0 N–H and O–H groups in total. The average Bonchev–Trinajstić information content (AvgIpc) is 3.28. The fraction of sp³-hybridized carbons (Fsp3) is 0.845. The minimum Gasteiger partial charge on any atom is -0.544 e. The molecule has 0 saturated heterocycles. The quantitative estimate of drug-likeness (QED) is 0.0259. The lowest BCUT2D eigenvalue weighted by Crippen LogP contribution is -2.55. The lowest BCUT2D eigenvalue weighted by Gasteiger charge is -2.34. The van der Waals surface area contributed by atoms with E-state index in [9.17, 15) is 19.5 Å². The molecule has 386 valence electrons. The number of hydrogen-bond donors (Lipinski definition) is 0. The van der Waals surface area contributed by atoms with Gasteiger partial charge >= 0.3 is 11.9 Å². The SMILES string of the molecule is CC/C=C/C/C=C/C/C=C/CCCCCCCCCCCCCCCC(=O)OCC(COCCC(C(=O)[O-])[N+](C)(C)C)OC(=O)CCCCCCCCCCCCCCCCCCCCC. The highest BCUT2D eigenvalue weighted by atomic mass is 16.6. The molecule has 0 aromatic carbocycles. The van der Waals surface area contributed by atoms with E-state index >= 15 is 0 Å². The van der Waals surface area contributed by atoms with Gasteiger partial charge in [-0.3, -0.25) is 9.59 Å². The van der Waals surface area contributed by atoms with E-state index in [1.165, 1.54) is 173 Å². The normalized spacial score (nSPS) is 13.0. The van der Waals surface area contributed by atoms with Crippen molar-refractivity contribution < 1.29 is 38.2 Å². The van der Waals surface area contributed by atoms with Gasteiger partial charge in [-0.05, 0) is 44.9 Å². The molecule has 0 aromatic heterocycles. The van der Waals surface area contributed by atoms with Crippen LogP contribution in [0.1, 0.15) is 264 Å². The van der Waals surface area contributed by atoms with Crippen molar-refractivity contribution in [3.8, 4) is 0 Å². The minimum atomic E-state index is -1.12. The van der Waals surface area contributed by atoms with Crippen LogP contribution in [0.4, 0.5) is 0 Å². The van der Waals surface area contributed by atoms with Crippen molar-refractivity contribution in [2.45, 2.75) is 276 Å². The van der Waals surface area contributed by atoms with Crippen molar-refractivity contribution in [2.75, 3.05) is 41.0 Å².